The van der Waals surface area contributed by atoms with Crippen LogP contribution in [0.15, 0.2) is 87.3 Å². The number of halogens is 2. The number of hydrogen-bond acceptors (Lipinski definition) is 4. The predicted molar refractivity (Wildman–Crippen MR) is 126 cm³/mol. The Balaban J connectivity index is 1.94. The fourth-order valence-corrected chi connectivity index (χ4v) is 4.14. The van der Waals surface area contributed by atoms with Gasteiger partial charge in [-0.2, -0.15) is 0 Å². The molecule has 160 valence electrons. The molecule has 0 spiro atoms. The summed E-state index contributed by atoms with van der Waals surface area (Å²) in [5.41, 5.74) is 1.13. The van der Waals surface area contributed by atoms with Crippen molar-refractivity contribution < 1.29 is 24.6 Å². The van der Waals surface area contributed by atoms with Gasteiger partial charge in [-0.25, -0.2) is 4.79 Å². The molecule has 2 N–H and O–H groups in total. The summed E-state index contributed by atoms with van der Waals surface area (Å²) in [4.78, 5) is 38.9. The predicted octanol–water partition coefficient (Wildman–Crippen LogP) is 5.54. The molecular weight excluding hydrogens is 542 g/mol. The average Bonchev–Trinajstić information content (AvgIpc) is 3.05. The Morgan fingerprint density at radius 3 is 2.00 bits per heavy atom. The van der Waals surface area contributed by atoms with Crippen molar-refractivity contribution in [1.29, 1.82) is 0 Å². The van der Waals surface area contributed by atoms with Gasteiger partial charge in [-0.05, 0) is 48.0 Å². The highest BCUT2D eigenvalue weighted by atomic mass is 79.9. The van der Waals surface area contributed by atoms with Crippen LogP contribution in [0.1, 0.15) is 27.5 Å². The number of aliphatic hydroxyl groups is 1. The summed E-state index contributed by atoms with van der Waals surface area (Å²) < 4.78 is 1.60. The molecule has 1 saturated heterocycles. The molecule has 0 bridgehead atoms. The quantitative estimate of drug-likeness (QED) is 0.250. The highest BCUT2D eigenvalue weighted by molar-refractivity contribution is 9.10. The number of aromatic carboxylic acids is 1. The molecule has 0 radical (unpaired) electrons. The number of Topliss-reactive ketones (excluding diaryl/α,β-unsaturated/α-hetero) is 1. The van der Waals surface area contributed by atoms with Crippen LogP contribution in [0.3, 0.4) is 0 Å². The zero-order chi connectivity index (χ0) is 23.0. The summed E-state index contributed by atoms with van der Waals surface area (Å²) in [7, 11) is 0. The van der Waals surface area contributed by atoms with Gasteiger partial charge in [-0.3, -0.25) is 14.5 Å². The molecule has 8 heteroatoms. The van der Waals surface area contributed by atoms with E-state index in [0.717, 1.165) is 8.95 Å². The first-order valence-electron chi connectivity index (χ1n) is 9.43. The second-order valence-electron chi connectivity index (χ2n) is 7.08. The van der Waals surface area contributed by atoms with E-state index in [-0.39, 0.29) is 22.6 Å². The van der Waals surface area contributed by atoms with E-state index in [9.17, 15) is 24.6 Å². The van der Waals surface area contributed by atoms with Gasteiger partial charge >= 0.3 is 5.97 Å². The maximum absolute atomic E-state index is 13.1. The van der Waals surface area contributed by atoms with Gasteiger partial charge in [0.2, 0.25) is 0 Å². The van der Waals surface area contributed by atoms with Crippen LogP contribution in [0.2, 0.25) is 0 Å². The van der Waals surface area contributed by atoms with Crippen LogP contribution >= 0.6 is 31.9 Å². The smallest absolute Gasteiger partial charge is 0.335 e. The van der Waals surface area contributed by atoms with E-state index in [2.05, 4.69) is 31.9 Å². The SMILES string of the molecule is O=C1C(=O)N(c2cccc(C(=O)O)c2)[C@H](c2ccc(Br)cc2)/C1=C(\O)c1ccc(Br)cc1. The maximum Gasteiger partial charge on any atom is 0.335 e. The van der Waals surface area contributed by atoms with Crippen molar-refractivity contribution in [3.8, 4) is 0 Å². The van der Waals surface area contributed by atoms with Gasteiger partial charge in [-0.15, -0.1) is 0 Å². The lowest BCUT2D eigenvalue weighted by atomic mass is 9.95. The minimum absolute atomic E-state index is 0.0214. The number of nitrogens with zero attached hydrogens (tertiary/aromatic N) is 1. The van der Waals surface area contributed by atoms with Crippen molar-refractivity contribution in [3.05, 3.63) is 104 Å². The van der Waals surface area contributed by atoms with E-state index < -0.39 is 23.7 Å². The minimum Gasteiger partial charge on any atom is -0.507 e. The number of carbonyl (C=O) groups excluding carboxylic acids is 2. The van der Waals surface area contributed by atoms with Gasteiger partial charge < -0.3 is 10.2 Å². The number of carboxylic acids is 1. The average molecular weight is 557 g/mol. The molecule has 1 aliphatic heterocycles. The third-order valence-corrected chi connectivity index (χ3v) is 6.18. The van der Waals surface area contributed by atoms with Gasteiger partial charge in [0.05, 0.1) is 17.2 Å². The first-order valence-corrected chi connectivity index (χ1v) is 11.0. The number of rotatable bonds is 4. The van der Waals surface area contributed by atoms with E-state index in [0.29, 0.717) is 11.1 Å². The van der Waals surface area contributed by atoms with Crippen LogP contribution in [0, 0.1) is 0 Å². The summed E-state index contributed by atoms with van der Waals surface area (Å²) in [6, 6.07) is 18.6. The molecule has 3 aromatic carbocycles. The summed E-state index contributed by atoms with van der Waals surface area (Å²) in [5.74, 6) is -3.16. The summed E-state index contributed by atoms with van der Waals surface area (Å²) >= 11 is 6.71. The second-order valence-corrected chi connectivity index (χ2v) is 8.91. The van der Waals surface area contributed by atoms with Crippen LogP contribution in [-0.2, 0) is 9.59 Å². The van der Waals surface area contributed by atoms with E-state index in [4.69, 9.17) is 0 Å². The van der Waals surface area contributed by atoms with E-state index in [1.165, 1.54) is 23.1 Å². The van der Waals surface area contributed by atoms with Crippen molar-refractivity contribution in [2.45, 2.75) is 6.04 Å². The van der Waals surface area contributed by atoms with E-state index in [1.807, 2.05) is 0 Å². The first kappa shape index (κ1) is 22.0. The molecule has 1 fully saturated rings. The standard InChI is InChI=1S/C24H15Br2NO5/c25-16-8-4-13(5-9-16)20-19(21(28)14-6-10-17(26)11-7-14)22(29)23(30)27(20)18-3-1-2-15(12-18)24(31)32/h1-12,20,28H,(H,31,32)/b21-19+/t20-/m1/s1. The molecule has 6 nitrogen and oxygen atoms in total. The Hall–Kier alpha value is -3.23. The van der Waals surface area contributed by atoms with Crippen LogP contribution in [-0.4, -0.2) is 27.9 Å². The molecule has 1 amide bonds. The minimum atomic E-state index is -1.15. The number of ketones is 1. The van der Waals surface area contributed by atoms with Crippen molar-refractivity contribution >= 4 is 61.0 Å². The fourth-order valence-electron chi connectivity index (χ4n) is 3.61. The van der Waals surface area contributed by atoms with Gasteiger partial charge in [0.25, 0.3) is 11.7 Å². The lowest BCUT2D eigenvalue weighted by Crippen LogP contribution is -2.29. The normalized spacial score (nSPS) is 17.6. The van der Waals surface area contributed by atoms with Crippen LogP contribution < -0.4 is 4.90 Å². The number of anilines is 1. The van der Waals surface area contributed by atoms with Gasteiger partial charge in [0, 0.05) is 20.2 Å². The zero-order valence-corrected chi connectivity index (χ0v) is 19.5. The zero-order valence-electron chi connectivity index (χ0n) is 16.3. The summed E-state index contributed by atoms with van der Waals surface area (Å²) in [6.07, 6.45) is 0. The highest BCUT2D eigenvalue weighted by Gasteiger charge is 2.47. The third-order valence-electron chi connectivity index (χ3n) is 5.12. The third kappa shape index (κ3) is 3.99. The van der Waals surface area contributed by atoms with E-state index >= 15 is 0 Å². The number of hydrogen-bond donors (Lipinski definition) is 2. The Labute approximate surface area is 200 Å². The molecule has 32 heavy (non-hydrogen) atoms. The monoisotopic (exact) mass is 555 g/mol. The Morgan fingerprint density at radius 1 is 0.812 bits per heavy atom. The topological polar surface area (TPSA) is 94.9 Å². The fraction of sp³-hybridized carbons (Fsp3) is 0.0417. The lowest BCUT2D eigenvalue weighted by Gasteiger charge is -2.25. The Kier molecular flexibility index (Phi) is 5.99. The molecule has 0 aromatic heterocycles. The lowest BCUT2D eigenvalue weighted by molar-refractivity contribution is -0.132. The summed E-state index contributed by atoms with van der Waals surface area (Å²) in [5, 5.41) is 20.4. The van der Waals surface area contributed by atoms with Gasteiger partial charge in [0.1, 0.15) is 5.76 Å². The van der Waals surface area contributed by atoms with E-state index in [1.54, 1.807) is 54.6 Å². The molecule has 1 aliphatic rings. The second kappa shape index (κ2) is 8.72. The molecule has 0 unspecified atom stereocenters. The Bertz CT molecular complexity index is 1270. The van der Waals surface area contributed by atoms with Crippen LogP contribution in [0.5, 0.6) is 0 Å². The van der Waals surface area contributed by atoms with Gasteiger partial charge in [0.15, 0.2) is 0 Å². The molecule has 3 aromatic rings. The van der Waals surface area contributed by atoms with Crippen molar-refractivity contribution in [2.24, 2.45) is 0 Å². The molecule has 0 saturated carbocycles. The van der Waals surface area contributed by atoms with Gasteiger partial charge in [-0.1, -0.05) is 62.2 Å². The van der Waals surface area contributed by atoms with Crippen molar-refractivity contribution in [2.75, 3.05) is 4.90 Å². The molecule has 1 heterocycles. The molecule has 0 aliphatic carbocycles. The number of benzene rings is 3. The van der Waals surface area contributed by atoms with Crippen molar-refractivity contribution in [1.82, 2.24) is 0 Å². The molecule has 4 rings (SSSR count). The van der Waals surface area contributed by atoms with Crippen LogP contribution in [0.4, 0.5) is 5.69 Å². The van der Waals surface area contributed by atoms with Crippen LogP contribution in [0.25, 0.3) is 5.76 Å². The number of carbonyl (C=O) groups is 3. The maximum atomic E-state index is 13.1. The van der Waals surface area contributed by atoms with Crippen molar-refractivity contribution in [3.63, 3.8) is 0 Å². The number of amides is 1. The summed E-state index contributed by atoms with van der Waals surface area (Å²) in [6.45, 7) is 0. The Morgan fingerprint density at radius 2 is 1.41 bits per heavy atom. The number of aliphatic hydroxyl groups excluding tert-OH is 1. The molecule has 1 atom stereocenters. The highest BCUT2D eigenvalue weighted by Crippen LogP contribution is 2.42. The first-order chi connectivity index (χ1) is 15.3. The molecular formula is C24H15Br2NO5. The largest absolute Gasteiger partial charge is 0.507 e. The number of carboxylic acid groups (broad SMARTS) is 1.